The van der Waals surface area contributed by atoms with E-state index in [0.29, 0.717) is 26.3 Å². The van der Waals surface area contributed by atoms with Gasteiger partial charge in [-0.3, -0.25) is 4.79 Å². The van der Waals surface area contributed by atoms with Crippen molar-refractivity contribution in [2.24, 2.45) is 0 Å². The number of carbonyl (C=O) groups excluding carboxylic acids is 1. The quantitative estimate of drug-likeness (QED) is 0.758. The number of rotatable bonds is 5. The van der Waals surface area contributed by atoms with Gasteiger partial charge in [0.1, 0.15) is 6.61 Å². The Kier molecular flexibility index (Phi) is 5.16. The number of amides is 1. The van der Waals surface area contributed by atoms with Gasteiger partial charge in [-0.2, -0.15) is 0 Å². The van der Waals surface area contributed by atoms with E-state index in [2.05, 4.69) is 17.0 Å². The van der Waals surface area contributed by atoms with Gasteiger partial charge in [-0.15, -0.1) is 0 Å². The van der Waals surface area contributed by atoms with Gasteiger partial charge in [0, 0.05) is 38.0 Å². The van der Waals surface area contributed by atoms with Crippen LogP contribution in [-0.4, -0.2) is 56.8 Å². The van der Waals surface area contributed by atoms with Gasteiger partial charge in [-0.1, -0.05) is 30.3 Å². The first-order chi connectivity index (χ1) is 13.3. The van der Waals surface area contributed by atoms with Crippen LogP contribution in [0.4, 0.5) is 5.69 Å². The highest BCUT2D eigenvalue weighted by Crippen LogP contribution is 2.33. The van der Waals surface area contributed by atoms with Crippen molar-refractivity contribution >= 4 is 12.1 Å². The molecule has 0 bridgehead atoms. The van der Waals surface area contributed by atoms with Crippen molar-refractivity contribution in [3.05, 3.63) is 54.1 Å². The van der Waals surface area contributed by atoms with E-state index in [0.717, 1.165) is 35.7 Å². The van der Waals surface area contributed by atoms with Crippen molar-refractivity contribution in [1.29, 1.82) is 0 Å². The lowest BCUT2D eigenvalue weighted by Crippen LogP contribution is -2.60. The van der Waals surface area contributed by atoms with Crippen LogP contribution in [0.2, 0.25) is 0 Å². The van der Waals surface area contributed by atoms with E-state index in [4.69, 9.17) is 14.2 Å². The summed E-state index contributed by atoms with van der Waals surface area (Å²) in [6, 6.07) is 15.8. The number of piperazine rings is 1. The molecule has 2 aromatic rings. The van der Waals surface area contributed by atoms with Crippen molar-refractivity contribution < 1.29 is 19.0 Å². The van der Waals surface area contributed by atoms with E-state index in [-0.39, 0.29) is 12.1 Å². The summed E-state index contributed by atoms with van der Waals surface area (Å²) in [6.07, 6.45) is 0.718. The molecule has 0 saturated carbocycles. The molecule has 2 atom stereocenters. The normalized spacial score (nSPS) is 21.8. The van der Waals surface area contributed by atoms with Crippen LogP contribution in [0.3, 0.4) is 0 Å². The molecular formula is C21H24N2O4. The molecule has 1 fully saturated rings. The Balaban J connectivity index is 1.56. The summed E-state index contributed by atoms with van der Waals surface area (Å²) in [5, 5.41) is 0. The fourth-order valence-electron chi connectivity index (χ4n) is 3.83. The molecule has 2 aliphatic heterocycles. The summed E-state index contributed by atoms with van der Waals surface area (Å²) in [7, 11) is 1.70. The average Bonchev–Trinajstić information content (AvgIpc) is 2.73. The highest BCUT2D eigenvalue weighted by Gasteiger charge is 2.37. The molecular weight excluding hydrogens is 344 g/mol. The average molecular weight is 368 g/mol. The Labute approximate surface area is 159 Å². The smallest absolute Gasteiger partial charge is 0.210 e. The van der Waals surface area contributed by atoms with Crippen LogP contribution < -0.4 is 14.4 Å². The third-order valence-corrected chi connectivity index (χ3v) is 5.19. The molecule has 0 radical (unpaired) electrons. The molecule has 0 aromatic heterocycles. The number of fused-ring (bicyclic) bond motifs is 1. The fourth-order valence-corrected chi connectivity index (χ4v) is 3.83. The molecule has 142 valence electrons. The predicted molar refractivity (Wildman–Crippen MR) is 102 cm³/mol. The lowest BCUT2D eigenvalue weighted by molar-refractivity contribution is -0.123. The van der Waals surface area contributed by atoms with Crippen molar-refractivity contribution in [1.82, 2.24) is 4.90 Å². The Bertz CT molecular complexity index is 797. The number of ether oxygens (including phenoxy) is 3. The molecule has 0 aliphatic carbocycles. The minimum absolute atomic E-state index is 0.0831. The Hall–Kier alpha value is -2.73. The van der Waals surface area contributed by atoms with Gasteiger partial charge in [0.2, 0.25) is 6.41 Å². The second kappa shape index (κ2) is 7.88. The molecule has 1 saturated heterocycles. The Morgan fingerprint density at radius 2 is 1.89 bits per heavy atom. The van der Waals surface area contributed by atoms with Gasteiger partial charge in [0.05, 0.1) is 12.6 Å². The van der Waals surface area contributed by atoms with Crippen LogP contribution in [0.15, 0.2) is 48.5 Å². The maximum absolute atomic E-state index is 11.7. The monoisotopic (exact) mass is 368 g/mol. The van der Waals surface area contributed by atoms with Crippen LogP contribution in [0.1, 0.15) is 5.56 Å². The second-order valence-electron chi connectivity index (χ2n) is 6.83. The maximum atomic E-state index is 11.7. The molecule has 2 aromatic carbocycles. The number of hydrogen-bond acceptors (Lipinski definition) is 5. The van der Waals surface area contributed by atoms with Crippen molar-refractivity contribution in [3.63, 3.8) is 0 Å². The van der Waals surface area contributed by atoms with E-state index in [9.17, 15) is 4.79 Å². The first kappa shape index (κ1) is 17.7. The zero-order chi connectivity index (χ0) is 18.6. The van der Waals surface area contributed by atoms with Gasteiger partial charge >= 0.3 is 0 Å². The van der Waals surface area contributed by atoms with Gasteiger partial charge in [-0.25, -0.2) is 0 Å². The van der Waals surface area contributed by atoms with Gasteiger partial charge in [-0.05, 0) is 18.2 Å². The zero-order valence-corrected chi connectivity index (χ0v) is 15.4. The van der Waals surface area contributed by atoms with Gasteiger partial charge < -0.3 is 24.0 Å². The van der Waals surface area contributed by atoms with Gasteiger partial charge in [0.15, 0.2) is 17.6 Å². The number of benzene rings is 2. The number of nitrogens with zero attached hydrogens (tertiary/aromatic N) is 2. The van der Waals surface area contributed by atoms with Gasteiger partial charge in [0.25, 0.3) is 0 Å². The third kappa shape index (κ3) is 3.57. The second-order valence-corrected chi connectivity index (χ2v) is 6.83. The number of para-hydroxylation sites is 3. The number of methoxy groups -OCH3 is 1. The Morgan fingerprint density at radius 3 is 2.70 bits per heavy atom. The molecule has 4 rings (SSSR count). The molecule has 27 heavy (non-hydrogen) atoms. The minimum atomic E-state index is -0.206. The first-order valence-corrected chi connectivity index (χ1v) is 9.21. The highest BCUT2D eigenvalue weighted by atomic mass is 16.6. The van der Waals surface area contributed by atoms with Crippen LogP contribution >= 0.6 is 0 Å². The summed E-state index contributed by atoms with van der Waals surface area (Å²) in [4.78, 5) is 15.8. The van der Waals surface area contributed by atoms with Crippen molar-refractivity contribution in [3.8, 4) is 11.5 Å². The largest absolute Gasteiger partial charge is 0.486 e. The summed E-state index contributed by atoms with van der Waals surface area (Å²) in [5.74, 6) is 1.49. The van der Waals surface area contributed by atoms with E-state index in [1.165, 1.54) is 0 Å². The fraction of sp³-hybridized carbons (Fsp3) is 0.381. The molecule has 6 nitrogen and oxygen atoms in total. The van der Waals surface area contributed by atoms with E-state index in [1.54, 1.807) is 7.11 Å². The SMILES string of the molecule is COCc1ccccc1N1CCN(C=O)C([C@@H]2COc3ccccc3O2)C1. The molecule has 0 spiro atoms. The summed E-state index contributed by atoms with van der Waals surface area (Å²) < 4.78 is 17.4. The molecule has 2 aliphatic rings. The van der Waals surface area contributed by atoms with Crippen LogP contribution in [0.25, 0.3) is 0 Å². The maximum Gasteiger partial charge on any atom is 0.210 e. The molecule has 1 amide bonds. The summed E-state index contributed by atoms with van der Waals surface area (Å²) in [6.45, 7) is 3.11. The third-order valence-electron chi connectivity index (χ3n) is 5.19. The van der Waals surface area contributed by atoms with E-state index < -0.39 is 0 Å². The first-order valence-electron chi connectivity index (χ1n) is 9.21. The Morgan fingerprint density at radius 1 is 1.11 bits per heavy atom. The van der Waals surface area contributed by atoms with Crippen molar-refractivity contribution in [2.45, 2.75) is 18.8 Å². The molecule has 2 heterocycles. The topological polar surface area (TPSA) is 51.2 Å². The molecule has 0 N–H and O–H groups in total. The summed E-state index contributed by atoms with van der Waals surface area (Å²) >= 11 is 0. The van der Waals surface area contributed by atoms with Crippen LogP contribution in [0, 0.1) is 0 Å². The molecule has 6 heteroatoms. The lowest BCUT2D eigenvalue weighted by atomic mass is 10.0. The van der Waals surface area contributed by atoms with E-state index >= 15 is 0 Å². The molecule has 1 unspecified atom stereocenters. The van der Waals surface area contributed by atoms with Crippen molar-refractivity contribution in [2.75, 3.05) is 38.3 Å². The summed E-state index contributed by atoms with van der Waals surface area (Å²) in [5.41, 5.74) is 2.29. The number of carbonyl (C=O) groups is 1. The lowest BCUT2D eigenvalue weighted by Gasteiger charge is -2.45. The predicted octanol–water partition coefficient (Wildman–Crippen LogP) is 2.32. The zero-order valence-electron chi connectivity index (χ0n) is 15.4. The van der Waals surface area contributed by atoms with Crippen LogP contribution in [0.5, 0.6) is 11.5 Å². The highest BCUT2D eigenvalue weighted by molar-refractivity contribution is 5.56. The number of anilines is 1. The van der Waals surface area contributed by atoms with E-state index in [1.807, 2.05) is 41.3 Å². The standard InChI is InChI=1S/C21H24N2O4/c1-25-13-16-6-2-3-7-17(16)22-10-11-23(15-24)18(12-22)21-14-26-19-8-4-5-9-20(19)27-21/h2-9,15,18,21H,10-14H2,1H3/t18?,21-/m0/s1. The number of hydrogen-bond donors (Lipinski definition) is 0. The minimum Gasteiger partial charge on any atom is -0.486 e. The van der Waals surface area contributed by atoms with Crippen LogP contribution in [-0.2, 0) is 16.1 Å².